The second-order valence-corrected chi connectivity index (χ2v) is 8.06. The topological polar surface area (TPSA) is 58.6 Å². The van der Waals surface area contributed by atoms with E-state index in [0.29, 0.717) is 24.4 Å². The number of nitrogens with one attached hydrogen (secondary N) is 1. The van der Waals surface area contributed by atoms with Crippen LogP contribution in [0.25, 0.3) is 0 Å². The van der Waals surface area contributed by atoms with E-state index in [1.165, 1.54) is 0 Å². The summed E-state index contributed by atoms with van der Waals surface area (Å²) in [5, 5.41) is 4.91. The monoisotopic (exact) mass is 406 g/mol. The lowest BCUT2D eigenvalue weighted by Gasteiger charge is -2.28. The van der Waals surface area contributed by atoms with Gasteiger partial charge < -0.3 is 15.0 Å². The van der Waals surface area contributed by atoms with Crippen molar-refractivity contribution in [3.8, 4) is 5.75 Å². The van der Waals surface area contributed by atoms with Gasteiger partial charge >= 0.3 is 0 Å². The summed E-state index contributed by atoms with van der Waals surface area (Å²) >= 11 is 1.56. The molecule has 148 valence electrons. The normalized spacial score (nSPS) is 14.5. The van der Waals surface area contributed by atoms with Crippen LogP contribution in [0.1, 0.15) is 29.0 Å². The molecule has 29 heavy (non-hydrogen) atoms. The van der Waals surface area contributed by atoms with Gasteiger partial charge in [-0.25, -0.2) is 0 Å². The van der Waals surface area contributed by atoms with E-state index in [0.717, 1.165) is 16.0 Å². The first-order valence-electron chi connectivity index (χ1n) is 9.52. The van der Waals surface area contributed by atoms with E-state index in [1.54, 1.807) is 11.3 Å². The summed E-state index contributed by atoms with van der Waals surface area (Å²) < 4.78 is 5.72. The summed E-state index contributed by atoms with van der Waals surface area (Å²) in [7, 11) is 0. The zero-order valence-electron chi connectivity index (χ0n) is 16.1. The van der Waals surface area contributed by atoms with Crippen LogP contribution >= 0.6 is 11.3 Å². The molecule has 4 rings (SSSR count). The number of anilines is 1. The van der Waals surface area contributed by atoms with Crippen LogP contribution < -0.4 is 10.1 Å². The van der Waals surface area contributed by atoms with Gasteiger partial charge in [-0.3, -0.25) is 9.59 Å². The molecule has 1 aromatic heterocycles. The second kappa shape index (κ2) is 8.49. The van der Waals surface area contributed by atoms with Crippen LogP contribution in [0.3, 0.4) is 0 Å². The quantitative estimate of drug-likeness (QED) is 0.683. The Morgan fingerprint density at radius 1 is 1.17 bits per heavy atom. The van der Waals surface area contributed by atoms with Gasteiger partial charge in [0.25, 0.3) is 5.91 Å². The average Bonchev–Trinajstić information content (AvgIpc) is 3.18. The smallest absolute Gasteiger partial charge is 0.261 e. The predicted molar refractivity (Wildman–Crippen MR) is 114 cm³/mol. The zero-order chi connectivity index (χ0) is 20.2. The van der Waals surface area contributed by atoms with Crippen LogP contribution in [-0.2, 0) is 22.6 Å². The van der Waals surface area contributed by atoms with E-state index >= 15 is 0 Å². The lowest BCUT2D eigenvalue weighted by Crippen LogP contribution is -2.34. The molecule has 6 heteroatoms. The Labute approximate surface area is 173 Å². The van der Waals surface area contributed by atoms with Gasteiger partial charge in [-0.05, 0) is 42.1 Å². The van der Waals surface area contributed by atoms with Crippen LogP contribution in [0.4, 0.5) is 5.69 Å². The fourth-order valence-corrected chi connectivity index (χ4v) is 4.16. The molecule has 0 fully saturated rings. The Balaban J connectivity index is 1.52. The molecule has 0 aliphatic carbocycles. The summed E-state index contributed by atoms with van der Waals surface area (Å²) in [6, 6.07) is 19.3. The second-order valence-electron chi connectivity index (χ2n) is 7.02. The summed E-state index contributed by atoms with van der Waals surface area (Å²) in [6.07, 6.45) is 0.348. The number of carbonyl (C=O) groups is 2. The van der Waals surface area contributed by atoms with Gasteiger partial charge in [-0.15, -0.1) is 11.3 Å². The highest BCUT2D eigenvalue weighted by atomic mass is 32.1. The molecule has 0 bridgehead atoms. The molecule has 0 spiro atoms. The van der Waals surface area contributed by atoms with E-state index in [9.17, 15) is 9.59 Å². The average molecular weight is 407 g/mol. The maximum absolute atomic E-state index is 12.7. The molecule has 2 amide bonds. The Hall–Kier alpha value is -3.12. The Bertz CT molecular complexity index is 1000. The third kappa shape index (κ3) is 4.49. The van der Waals surface area contributed by atoms with Crippen LogP contribution in [-0.4, -0.2) is 23.3 Å². The molecule has 1 aliphatic heterocycles. The fourth-order valence-electron chi connectivity index (χ4n) is 3.46. The number of carbonyl (C=O) groups excluding carboxylic acids is 2. The van der Waals surface area contributed by atoms with Crippen molar-refractivity contribution >= 4 is 28.8 Å². The molecule has 2 aromatic carbocycles. The lowest BCUT2D eigenvalue weighted by molar-refractivity contribution is -0.135. The number of benzene rings is 2. The van der Waals surface area contributed by atoms with Crippen molar-refractivity contribution in [3.63, 3.8) is 0 Å². The molecule has 0 radical (unpaired) electrons. The number of fused-ring (bicyclic) bond motifs is 1. The lowest BCUT2D eigenvalue weighted by atomic mass is 10.1. The van der Waals surface area contributed by atoms with E-state index < -0.39 is 0 Å². The number of nitrogens with zero attached hydrogens (tertiary/aromatic N) is 1. The number of hydrogen-bond donors (Lipinski definition) is 1. The third-order valence-electron chi connectivity index (χ3n) is 5.02. The standard InChI is InChI=1S/C23H22N2O3S/c1-16(17-6-3-2-4-7-17)25-14-18-12-19(9-10-21(18)28-15-23(25)27)24-22(26)13-20-8-5-11-29-20/h2-12,16H,13-15H2,1H3,(H,24,26). The van der Waals surface area contributed by atoms with E-state index in [2.05, 4.69) is 5.32 Å². The summed E-state index contributed by atoms with van der Waals surface area (Å²) in [5.41, 5.74) is 2.66. The van der Waals surface area contributed by atoms with Crippen LogP contribution in [0, 0.1) is 0 Å². The van der Waals surface area contributed by atoms with Crippen molar-refractivity contribution in [2.45, 2.75) is 25.9 Å². The molecule has 5 nitrogen and oxygen atoms in total. The molecular weight excluding hydrogens is 384 g/mol. The minimum atomic E-state index is -0.0738. The fraction of sp³-hybridized carbons (Fsp3) is 0.217. The van der Waals surface area contributed by atoms with E-state index in [4.69, 9.17) is 4.74 Å². The highest BCUT2D eigenvalue weighted by Crippen LogP contribution is 2.31. The minimum Gasteiger partial charge on any atom is -0.483 e. The number of ether oxygens (including phenoxy) is 1. The van der Waals surface area contributed by atoms with Crippen molar-refractivity contribution in [3.05, 3.63) is 82.0 Å². The number of thiophene rings is 1. The van der Waals surface area contributed by atoms with Gasteiger partial charge in [0, 0.05) is 16.1 Å². The predicted octanol–water partition coefficient (Wildman–Crippen LogP) is 4.41. The molecule has 1 aliphatic rings. The third-order valence-corrected chi connectivity index (χ3v) is 5.90. The number of rotatable bonds is 5. The minimum absolute atomic E-state index is 0.00819. The molecule has 1 unspecified atom stereocenters. The highest BCUT2D eigenvalue weighted by molar-refractivity contribution is 7.10. The van der Waals surface area contributed by atoms with Gasteiger partial charge in [0.05, 0.1) is 19.0 Å². The summed E-state index contributed by atoms with van der Waals surface area (Å²) in [6.45, 7) is 2.46. The van der Waals surface area contributed by atoms with Gasteiger partial charge in [0.2, 0.25) is 5.91 Å². The molecule has 1 atom stereocenters. The van der Waals surface area contributed by atoms with Gasteiger partial charge in [-0.2, -0.15) is 0 Å². The van der Waals surface area contributed by atoms with Crippen molar-refractivity contribution in [2.75, 3.05) is 11.9 Å². The SMILES string of the molecule is CC(c1ccccc1)N1Cc2cc(NC(=O)Cc3cccs3)ccc2OCC1=O. The van der Waals surface area contributed by atoms with Gasteiger partial charge in [-0.1, -0.05) is 36.4 Å². The molecule has 0 saturated heterocycles. The Morgan fingerprint density at radius 2 is 2.00 bits per heavy atom. The number of hydrogen-bond acceptors (Lipinski definition) is 4. The molecule has 0 saturated carbocycles. The van der Waals surface area contributed by atoms with Crippen molar-refractivity contribution in [2.24, 2.45) is 0 Å². The van der Waals surface area contributed by atoms with Crippen LogP contribution in [0.2, 0.25) is 0 Å². The first-order valence-corrected chi connectivity index (χ1v) is 10.4. The van der Waals surface area contributed by atoms with Crippen molar-refractivity contribution < 1.29 is 14.3 Å². The van der Waals surface area contributed by atoms with Crippen molar-refractivity contribution in [1.29, 1.82) is 0 Å². The highest BCUT2D eigenvalue weighted by Gasteiger charge is 2.26. The molecule has 3 aromatic rings. The van der Waals surface area contributed by atoms with E-state index in [-0.39, 0.29) is 24.5 Å². The molecule has 2 heterocycles. The Kier molecular flexibility index (Phi) is 5.62. The summed E-state index contributed by atoms with van der Waals surface area (Å²) in [5.74, 6) is 0.561. The van der Waals surface area contributed by atoms with Crippen LogP contribution in [0.15, 0.2) is 66.0 Å². The Morgan fingerprint density at radius 3 is 2.76 bits per heavy atom. The van der Waals surface area contributed by atoms with Crippen LogP contribution in [0.5, 0.6) is 5.75 Å². The zero-order valence-corrected chi connectivity index (χ0v) is 16.9. The largest absolute Gasteiger partial charge is 0.483 e. The molecular formula is C23H22N2O3S. The van der Waals surface area contributed by atoms with E-state index in [1.807, 2.05) is 77.9 Å². The van der Waals surface area contributed by atoms with Crippen molar-refractivity contribution in [1.82, 2.24) is 4.90 Å². The maximum Gasteiger partial charge on any atom is 0.261 e. The van der Waals surface area contributed by atoms with Gasteiger partial charge in [0.15, 0.2) is 6.61 Å². The molecule has 1 N–H and O–H groups in total. The maximum atomic E-state index is 12.7. The number of amides is 2. The first kappa shape index (κ1) is 19.2. The summed E-state index contributed by atoms with van der Waals surface area (Å²) in [4.78, 5) is 27.8. The van der Waals surface area contributed by atoms with Gasteiger partial charge in [0.1, 0.15) is 5.75 Å². The first-order chi connectivity index (χ1) is 14.1.